The van der Waals surface area contributed by atoms with E-state index in [0.717, 1.165) is 29.9 Å². The first kappa shape index (κ1) is 13.5. The smallest absolute Gasteiger partial charge is 0.165 e. The van der Waals surface area contributed by atoms with Gasteiger partial charge in [-0.05, 0) is 25.2 Å². The van der Waals surface area contributed by atoms with E-state index in [2.05, 4.69) is 10.3 Å². The molecule has 1 aromatic heterocycles. The van der Waals surface area contributed by atoms with Crippen LogP contribution in [0.25, 0.3) is 11.3 Å². The van der Waals surface area contributed by atoms with Crippen LogP contribution in [0.4, 0.5) is 4.39 Å². The molecule has 0 bridgehead atoms. The number of likely N-dealkylation sites (N-methyl/N-ethyl adjacent to an activating group) is 1. The molecule has 0 saturated carbocycles. The average molecular weight is 263 g/mol. The van der Waals surface area contributed by atoms with E-state index in [1.807, 2.05) is 24.7 Å². The van der Waals surface area contributed by atoms with Gasteiger partial charge in [0.2, 0.25) is 0 Å². The monoisotopic (exact) mass is 263 g/mol. The first-order chi connectivity index (χ1) is 9.17. The summed E-state index contributed by atoms with van der Waals surface area (Å²) in [5.41, 5.74) is 2.67. The number of imidazole rings is 1. The third-order valence-corrected chi connectivity index (χ3v) is 3.10. The summed E-state index contributed by atoms with van der Waals surface area (Å²) in [7, 11) is 5.31. The Morgan fingerprint density at radius 1 is 1.42 bits per heavy atom. The lowest BCUT2D eigenvalue weighted by molar-refractivity contribution is 0.386. The van der Waals surface area contributed by atoms with E-state index in [-0.39, 0.29) is 11.6 Å². The van der Waals surface area contributed by atoms with E-state index in [1.165, 1.54) is 13.2 Å². The molecule has 0 aliphatic rings. The standard InChI is InChI=1S/C14H18FN3O/c1-16-7-6-12-14(17-9-18(12)2)10-4-5-13(19-3)11(15)8-10/h4-5,8-9,16H,6-7H2,1-3H3. The first-order valence-electron chi connectivity index (χ1n) is 6.16. The van der Waals surface area contributed by atoms with Crippen LogP contribution in [-0.4, -0.2) is 30.3 Å². The van der Waals surface area contributed by atoms with Crippen LogP contribution in [0, 0.1) is 5.82 Å². The maximum absolute atomic E-state index is 13.8. The molecule has 1 aromatic carbocycles. The molecule has 102 valence electrons. The van der Waals surface area contributed by atoms with Crippen molar-refractivity contribution in [1.29, 1.82) is 0 Å². The fourth-order valence-corrected chi connectivity index (χ4v) is 2.05. The van der Waals surface area contributed by atoms with Crippen LogP contribution in [0.2, 0.25) is 0 Å². The number of hydrogen-bond donors (Lipinski definition) is 1. The number of nitrogens with one attached hydrogen (secondary N) is 1. The van der Waals surface area contributed by atoms with Crippen LogP contribution in [0.3, 0.4) is 0 Å². The molecule has 0 fully saturated rings. The fraction of sp³-hybridized carbons (Fsp3) is 0.357. The van der Waals surface area contributed by atoms with Crippen molar-refractivity contribution in [3.05, 3.63) is 36.0 Å². The minimum atomic E-state index is -0.370. The molecule has 19 heavy (non-hydrogen) atoms. The number of methoxy groups -OCH3 is 1. The number of aromatic nitrogens is 2. The highest BCUT2D eigenvalue weighted by Crippen LogP contribution is 2.26. The van der Waals surface area contributed by atoms with Gasteiger partial charge in [0.15, 0.2) is 11.6 Å². The molecular formula is C14H18FN3O. The third-order valence-electron chi connectivity index (χ3n) is 3.10. The maximum atomic E-state index is 13.8. The Morgan fingerprint density at radius 2 is 2.21 bits per heavy atom. The molecule has 2 aromatic rings. The Labute approximate surface area is 112 Å². The molecule has 0 unspecified atom stereocenters. The summed E-state index contributed by atoms with van der Waals surface area (Å²) in [6, 6.07) is 4.92. The highest BCUT2D eigenvalue weighted by molar-refractivity contribution is 5.63. The molecule has 2 rings (SSSR count). The lowest BCUT2D eigenvalue weighted by atomic mass is 10.1. The molecule has 0 aliphatic carbocycles. The van der Waals surface area contributed by atoms with E-state index in [0.29, 0.717) is 0 Å². The first-order valence-corrected chi connectivity index (χ1v) is 6.16. The topological polar surface area (TPSA) is 39.1 Å². The molecule has 0 spiro atoms. The lowest BCUT2D eigenvalue weighted by Gasteiger charge is -2.07. The van der Waals surface area contributed by atoms with Crippen molar-refractivity contribution in [2.45, 2.75) is 6.42 Å². The Balaban J connectivity index is 2.38. The van der Waals surface area contributed by atoms with Crippen molar-refractivity contribution in [2.24, 2.45) is 7.05 Å². The normalized spacial score (nSPS) is 10.7. The second-order valence-electron chi connectivity index (χ2n) is 4.35. The number of rotatable bonds is 5. The van der Waals surface area contributed by atoms with Crippen molar-refractivity contribution in [2.75, 3.05) is 20.7 Å². The summed E-state index contributed by atoms with van der Waals surface area (Å²) in [5.74, 6) is -0.123. The molecule has 0 saturated heterocycles. The molecule has 1 heterocycles. The number of halogens is 1. The number of hydrogen-bond acceptors (Lipinski definition) is 3. The van der Waals surface area contributed by atoms with E-state index in [9.17, 15) is 4.39 Å². The van der Waals surface area contributed by atoms with Gasteiger partial charge in [-0.1, -0.05) is 0 Å². The lowest BCUT2D eigenvalue weighted by Crippen LogP contribution is -2.12. The van der Waals surface area contributed by atoms with E-state index in [1.54, 1.807) is 12.4 Å². The van der Waals surface area contributed by atoms with Crippen molar-refractivity contribution >= 4 is 0 Å². The van der Waals surface area contributed by atoms with Gasteiger partial charge in [0, 0.05) is 31.3 Å². The van der Waals surface area contributed by atoms with E-state index in [4.69, 9.17) is 4.74 Å². The van der Waals surface area contributed by atoms with Gasteiger partial charge in [0.05, 0.1) is 19.1 Å². The van der Waals surface area contributed by atoms with Crippen molar-refractivity contribution in [3.8, 4) is 17.0 Å². The second kappa shape index (κ2) is 5.84. The Bertz CT molecular complexity index is 566. The largest absolute Gasteiger partial charge is 0.494 e. The molecule has 1 N–H and O–H groups in total. The van der Waals surface area contributed by atoms with Gasteiger partial charge in [-0.3, -0.25) is 0 Å². The van der Waals surface area contributed by atoms with Crippen LogP contribution in [0.1, 0.15) is 5.69 Å². The van der Waals surface area contributed by atoms with E-state index < -0.39 is 0 Å². The van der Waals surface area contributed by atoms with Gasteiger partial charge in [0.1, 0.15) is 0 Å². The highest BCUT2D eigenvalue weighted by Gasteiger charge is 2.13. The summed E-state index contributed by atoms with van der Waals surface area (Å²) in [5, 5.41) is 3.11. The fourth-order valence-electron chi connectivity index (χ4n) is 2.05. The van der Waals surface area contributed by atoms with Gasteiger partial charge >= 0.3 is 0 Å². The van der Waals surface area contributed by atoms with Gasteiger partial charge in [-0.2, -0.15) is 0 Å². The van der Waals surface area contributed by atoms with Crippen LogP contribution >= 0.6 is 0 Å². The van der Waals surface area contributed by atoms with Crippen LogP contribution in [0.5, 0.6) is 5.75 Å². The minimum Gasteiger partial charge on any atom is -0.494 e. The predicted molar refractivity (Wildman–Crippen MR) is 72.8 cm³/mol. The average Bonchev–Trinajstić information content (AvgIpc) is 2.77. The molecule has 5 heteroatoms. The summed E-state index contributed by atoms with van der Waals surface area (Å²) < 4.78 is 20.6. The molecule has 0 radical (unpaired) electrons. The predicted octanol–water partition coefficient (Wildman–Crippen LogP) is 2.00. The molecule has 4 nitrogen and oxygen atoms in total. The van der Waals surface area contributed by atoms with Gasteiger partial charge in [0.25, 0.3) is 0 Å². The summed E-state index contributed by atoms with van der Waals surface area (Å²) in [4.78, 5) is 4.36. The third kappa shape index (κ3) is 2.76. The van der Waals surface area contributed by atoms with Gasteiger partial charge in [-0.25, -0.2) is 9.37 Å². The molecule has 0 amide bonds. The molecule has 0 aliphatic heterocycles. The van der Waals surface area contributed by atoms with Gasteiger partial charge in [-0.15, -0.1) is 0 Å². The van der Waals surface area contributed by atoms with Crippen molar-refractivity contribution in [1.82, 2.24) is 14.9 Å². The van der Waals surface area contributed by atoms with Crippen molar-refractivity contribution < 1.29 is 9.13 Å². The highest BCUT2D eigenvalue weighted by atomic mass is 19.1. The van der Waals surface area contributed by atoms with Gasteiger partial charge < -0.3 is 14.6 Å². The SMILES string of the molecule is CNCCc1c(-c2ccc(OC)c(F)c2)ncn1C. The quantitative estimate of drug-likeness (QED) is 0.896. The molecule has 0 atom stereocenters. The van der Waals surface area contributed by atoms with E-state index >= 15 is 0 Å². The Morgan fingerprint density at radius 3 is 2.84 bits per heavy atom. The number of nitrogens with zero attached hydrogens (tertiary/aromatic N) is 2. The van der Waals surface area contributed by atoms with Crippen LogP contribution < -0.4 is 10.1 Å². The number of aryl methyl sites for hydroxylation is 1. The Hall–Kier alpha value is -1.88. The summed E-state index contributed by atoms with van der Waals surface area (Å²) >= 11 is 0. The zero-order chi connectivity index (χ0) is 13.8. The van der Waals surface area contributed by atoms with Crippen LogP contribution in [0.15, 0.2) is 24.5 Å². The zero-order valence-electron chi connectivity index (χ0n) is 11.4. The summed E-state index contributed by atoms with van der Waals surface area (Å²) in [6.07, 6.45) is 2.60. The second-order valence-corrected chi connectivity index (χ2v) is 4.35. The number of ether oxygens (including phenoxy) is 1. The zero-order valence-corrected chi connectivity index (χ0v) is 11.4. The van der Waals surface area contributed by atoms with Crippen LogP contribution in [-0.2, 0) is 13.5 Å². The number of benzene rings is 1. The Kier molecular flexibility index (Phi) is 4.16. The molecular weight excluding hydrogens is 245 g/mol. The van der Waals surface area contributed by atoms with Crippen molar-refractivity contribution in [3.63, 3.8) is 0 Å². The minimum absolute atomic E-state index is 0.247. The maximum Gasteiger partial charge on any atom is 0.165 e. The summed E-state index contributed by atoms with van der Waals surface area (Å²) in [6.45, 7) is 0.852.